The van der Waals surface area contributed by atoms with Crippen LogP contribution < -0.4 is 0 Å². The summed E-state index contributed by atoms with van der Waals surface area (Å²) in [4.78, 5) is 0. The fourth-order valence-corrected chi connectivity index (χ4v) is 9.77. The Morgan fingerprint density at radius 1 is 0.966 bits per heavy atom. The molecule has 29 heavy (non-hydrogen) atoms. The van der Waals surface area contributed by atoms with Crippen molar-refractivity contribution in [1.29, 1.82) is 0 Å². The third-order valence-corrected chi connectivity index (χ3v) is 11.4. The monoisotopic (exact) mass is 402 g/mol. The van der Waals surface area contributed by atoms with Crippen molar-refractivity contribution in [3.8, 4) is 0 Å². The first-order valence-corrected chi connectivity index (χ1v) is 13.1. The van der Waals surface area contributed by atoms with Crippen LogP contribution in [0.5, 0.6) is 0 Å². The normalized spacial score (nSPS) is 52.7. The molecule has 10 atom stereocenters. The van der Waals surface area contributed by atoms with E-state index < -0.39 is 0 Å². The summed E-state index contributed by atoms with van der Waals surface area (Å²) in [6.07, 6.45) is 17.3. The van der Waals surface area contributed by atoms with Gasteiger partial charge in [0, 0.05) is 12.0 Å². The molecule has 2 heteroatoms. The maximum absolute atomic E-state index is 9.33. The SMILES string of the molecule is CC(CO)CCC[C@@H](C)[C@H]1CC[C@H]2[C@@H]3C[C@@H]4OC45CCCC[C@]5(C)[C@H]3CC[C@]12C. The van der Waals surface area contributed by atoms with E-state index in [0.717, 1.165) is 29.6 Å². The number of epoxide rings is 1. The van der Waals surface area contributed by atoms with Crippen molar-refractivity contribution < 1.29 is 9.84 Å². The molecule has 5 rings (SSSR count). The molecular formula is C27H46O2. The zero-order chi connectivity index (χ0) is 20.4. The Kier molecular flexibility index (Phi) is 5.18. The van der Waals surface area contributed by atoms with Crippen LogP contribution in [0.25, 0.3) is 0 Å². The summed E-state index contributed by atoms with van der Waals surface area (Å²) in [5.74, 6) is 5.05. The van der Waals surface area contributed by atoms with Gasteiger partial charge in [-0.25, -0.2) is 0 Å². The van der Waals surface area contributed by atoms with Crippen molar-refractivity contribution in [2.45, 2.75) is 116 Å². The van der Waals surface area contributed by atoms with Gasteiger partial charge in [0.05, 0.1) is 6.10 Å². The predicted molar refractivity (Wildman–Crippen MR) is 119 cm³/mol. The van der Waals surface area contributed by atoms with E-state index in [4.69, 9.17) is 4.74 Å². The molecule has 0 bridgehead atoms. The van der Waals surface area contributed by atoms with E-state index in [2.05, 4.69) is 27.7 Å². The number of hydrogen-bond donors (Lipinski definition) is 1. The van der Waals surface area contributed by atoms with Gasteiger partial charge in [-0.2, -0.15) is 0 Å². The summed E-state index contributed by atoms with van der Waals surface area (Å²) in [5.41, 5.74) is 1.35. The summed E-state index contributed by atoms with van der Waals surface area (Å²) in [6.45, 7) is 10.4. The van der Waals surface area contributed by atoms with Gasteiger partial charge in [-0.15, -0.1) is 0 Å². The van der Waals surface area contributed by atoms with Gasteiger partial charge in [-0.1, -0.05) is 53.4 Å². The van der Waals surface area contributed by atoms with Crippen LogP contribution >= 0.6 is 0 Å². The minimum Gasteiger partial charge on any atom is -0.396 e. The molecule has 1 N–H and O–H groups in total. The van der Waals surface area contributed by atoms with Crippen LogP contribution in [0.3, 0.4) is 0 Å². The van der Waals surface area contributed by atoms with Crippen LogP contribution in [0.2, 0.25) is 0 Å². The Labute approximate surface area is 179 Å². The highest BCUT2D eigenvalue weighted by molar-refractivity contribution is 5.23. The van der Waals surface area contributed by atoms with Crippen molar-refractivity contribution in [2.24, 2.45) is 46.3 Å². The lowest BCUT2D eigenvalue weighted by Gasteiger charge is -2.59. The van der Waals surface area contributed by atoms with Crippen LogP contribution in [-0.2, 0) is 4.74 Å². The van der Waals surface area contributed by atoms with Crippen LogP contribution in [0.4, 0.5) is 0 Å². The Hall–Kier alpha value is -0.0800. The van der Waals surface area contributed by atoms with Crippen LogP contribution in [0.1, 0.15) is 105 Å². The van der Waals surface area contributed by atoms with E-state index in [9.17, 15) is 5.11 Å². The molecule has 5 aliphatic rings. The molecule has 0 aromatic heterocycles. The second-order valence-corrected chi connectivity index (χ2v) is 12.7. The second-order valence-electron chi connectivity index (χ2n) is 12.7. The molecule has 166 valence electrons. The van der Waals surface area contributed by atoms with Crippen LogP contribution in [-0.4, -0.2) is 23.4 Å². The second kappa shape index (κ2) is 7.22. The van der Waals surface area contributed by atoms with Crippen LogP contribution in [0.15, 0.2) is 0 Å². The lowest BCUT2D eigenvalue weighted by Crippen LogP contribution is -2.57. The van der Waals surface area contributed by atoms with E-state index in [-0.39, 0.29) is 0 Å². The Morgan fingerprint density at radius 2 is 1.76 bits per heavy atom. The average molecular weight is 403 g/mol. The minimum atomic E-state index is 0.300. The maximum atomic E-state index is 9.33. The minimum absolute atomic E-state index is 0.300. The van der Waals surface area contributed by atoms with Gasteiger partial charge in [0.25, 0.3) is 0 Å². The van der Waals surface area contributed by atoms with Crippen molar-refractivity contribution >= 4 is 0 Å². The maximum Gasteiger partial charge on any atom is 0.100 e. The van der Waals surface area contributed by atoms with E-state index in [1.54, 1.807) is 0 Å². The van der Waals surface area contributed by atoms with Crippen molar-refractivity contribution in [3.63, 3.8) is 0 Å². The topological polar surface area (TPSA) is 32.8 Å². The highest BCUT2D eigenvalue weighted by Gasteiger charge is 2.75. The molecule has 1 heterocycles. The van der Waals surface area contributed by atoms with Gasteiger partial charge in [-0.3, -0.25) is 0 Å². The number of ether oxygens (including phenoxy) is 1. The largest absolute Gasteiger partial charge is 0.396 e. The molecule has 1 aliphatic heterocycles. The van der Waals surface area contributed by atoms with Crippen molar-refractivity contribution in [3.05, 3.63) is 0 Å². The van der Waals surface area contributed by atoms with Gasteiger partial charge in [0.2, 0.25) is 0 Å². The molecule has 0 amide bonds. The van der Waals surface area contributed by atoms with Gasteiger partial charge in [-0.05, 0) is 92.3 Å². The summed E-state index contributed by atoms with van der Waals surface area (Å²) >= 11 is 0. The molecule has 0 radical (unpaired) electrons. The Balaban J connectivity index is 1.30. The van der Waals surface area contributed by atoms with E-state index in [0.29, 0.717) is 35.1 Å². The first kappa shape index (κ1) is 20.8. The standard InChI is InChI=1S/C27H46O2/c1-18(17-28)8-7-9-19(2)21-10-11-22-20-16-24-27(29-24)14-6-5-13-26(27,4)23(20)12-15-25(21,22)3/h18-24,28H,5-17H2,1-4H3/t18?,19-,20+,21-,22+,23+,24+,25-,26-,27?/m1/s1. The Bertz CT molecular complexity index is 618. The van der Waals surface area contributed by atoms with Crippen LogP contribution in [0, 0.1) is 46.3 Å². The first-order chi connectivity index (χ1) is 13.9. The fourth-order valence-electron chi connectivity index (χ4n) is 9.77. The Morgan fingerprint density at radius 3 is 2.55 bits per heavy atom. The first-order valence-electron chi connectivity index (χ1n) is 13.1. The zero-order valence-electron chi connectivity index (χ0n) is 19.6. The number of aliphatic hydroxyl groups is 1. The number of rotatable bonds is 6. The summed E-state index contributed by atoms with van der Waals surface area (Å²) in [7, 11) is 0. The number of fused-ring (bicyclic) bond motifs is 4. The molecule has 5 fully saturated rings. The molecule has 1 saturated heterocycles. The van der Waals surface area contributed by atoms with E-state index >= 15 is 0 Å². The quantitative estimate of drug-likeness (QED) is 0.508. The molecule has 0 aromatic rings. The summed E-state index contributed by atoms with van der Waals surface area (Å²) < 4.78 is 6.59. The molecule has 4 aliphatic carbocycles. The zero-order valence-corrected chi connectivity index (χ0v) is 19.6. The van der Waals surface area contributed by atoms with E-state index in [1.165, 1.54) is 77.0 Å². The van der Waals surface area contributed by atoms with Crippen molar-refractivity contribution in [2.75, 3.05) is 6.61 Å². The lowest BCUT2D eigenvalue weighted by molar-refractivity contribution is -0.100. The van der Waals surface area contributed by atoms with Gasteiger partial charge < -0.3 is 9.84 Å². The van der Waals surface area contributed by atoms with Crippen molar-refractivity contribution in [1.82, 2.24) is 0 Å². The van der Waals surface area contributed by atoms with E-state index in [1.807, 2.05) is 0 Å². The lowest BCUT2D eigenvalue weighted by atomic mass is 9.44. The fraction of sp³-hybridized carbons (Fsp3) is 1.00. The third kappa shape index (κ3) is 2.94. The summed E-state index contributed by atoms with van der Waals surface area (Å²) in [6, 6.07) is 0. The molecule has 4 saturated carbocycles. The highest BCUT2D eigenvalue weighted by Crippen LogP contribution is 2.74. The predicted octanol–water partition coefficient (Wildman–Crippen LogP) is 6.60. The number of aliphatic hydroxyl groups excluding tert-OH is 1. The molecule has 2 unspecified atom stereocenters. The molecule has 2 nitrogen and oxygen atoms in total. The molecule has 1 spiro atoms. The molecular weight excluding hydrogens is 356 g/mol. The average Bonchev–Trinajstić information content (AvgIpc) is 3.29. The van der Waals surface area contributed by atoms with Gasteiger partial charge >= 0.3 is 0 Å². The van der Waals surface area contributed by atoms with Gasteiger partial charge in [0.1, 0.15) is 5.60 Å². The highest BCUT2D eigenvalue weighted by atomic mass is 16.6. The number of hydrogen-bond acceptors (Lipinski definition) is 2. The summed E-state index contributed by atoms with van der Waals surface area (Å²) in [5, 5.41) is 9.33. The van der Waals surface area contributed by atoms with Gasteiger partial charge in [0.15, 0.2) is 0 Å². The molecule has 0 aromatic carbocycles. The third-order valence-electron chi connectivity index (χ3n) is 11.4. The smallest absolute Gasteiger partial charge is 0.100 e.